The maximum absolute atomic E-state index is 13.6. The number of benzene rings is 2. The van der Waals surface area contributed by atoms with E-state index >= 15 is 0 Å². The normalized spacial score (nSPS) is 15.2. The molecule has 0 unspecified atom stereocenters. The van der Waals surface area contributed by atoms with Crippen molar-refractivity contribution in [3.05, 3.63) is 63.1 Å². The summed E-state index contributed by atoms with van der Waals surface area (Å²) in [6.07, 6.45) is 1.44. The molecule has 1 aliphatic rings. The monoisotopic (exact) mass is 481 g/mol. The zero-order valence-electron chi connectivity index (χ0n) is 13.7. The van der Waals surface area contributed by atoms with Gasteiger partial charge in [0.1, 0.15) is 23.8 Å². The molecule has 1 heterocycles. The van der Waals surface area contributed by atoms with Crippen molar-refractivity contribution in [1.29, 1.82) is 0 Å². The van der Waals surface area contributed by atoms with Crippen LogP contribution in [0.4, 0.5) is 14.9 Å². The Balaban J connectivity index is 1.72. The molecule has 27 heavy (non-hydrogen) atoms. The summed E-state index contributed by atoms with van der Waals surface area (Å²) in [5, 5.41) is 14.3. The van der Waals surface area contributed by atoms with Gasteiger partial charge in [0.25, 0.3) is 5.91 Å². The molecule has 3 N–H and O–H groups in total. The second-order valence-electron chi connectivity index (χ2n) is 5.62. The minimum absolute atomic E-state index is 0.000168. The van der Waals surface area contributed by atoms with Crippen molar-refractivity contribution in [3.63, 3.8) is 0 Å². The van der Waals surface area contributed by atoms with Crippen molar-refractivity contribution in [2.45, 2.75) is 0 Å². The molecular weight excluding hydrogens is 468 g/mol. The van der Waals surface area contributed by atoms with Crippen molar-refractivity contribution in [2.24, 2.45) is 0 Å². The van der Waals surface area contributed by atoms with Gasteiger partial charge in [-0.05, 0) is 58.5 Å². The number of phenols is 1. The fraction of sp³-hybridized carbons (Fsp3) is 0.0556. The second-order valence-corrected chi connectivity index (χ2v) is 6.78. The van der Waals surface area contributed by atoms with Gasteiger partial charge in [0.2, 0.25) is 5.91 Å². The van der Waals surface area contributed by atoms with Crippen LogP contribution < -0.4 is 10.6 Å². The van der Waals surface area contributed by atoms with E-state index in [4.69, 9.17) is 0 Å². The van der Waals surface area contributed by atoms with Crippen molar-refractivity contribution in [2.75, 3.05) is 11.9 Å². The van der Waals surface area contributed by atoms with Gasteiger partial charge in [0, 0.05) is 0 Å². The van der Waals surface area contributed by atoms with Gasteiger partial charge in [-0.25, -0.2) is 14.1 Å². The van der Waals surface area contributed by atoms with E-state index in [1.807, 2.05) is 22.6 Å². The first-order chi connectivity index (χ1) is 12.8. The van der Waals surface area contributed by atoms with Crippen LogP contribution in [0, 0.1) is 9.39 Å². The van der Waals surface area contributed by atoms with E-state index in [2.05, 4.69) is 10.6 Å². The number of urea groups is 1. The van der Waals surface area contributed by atoms with Gasteiger partial charge < -0.3 is 15.7 Å². The molecule has 0 bridgehead atoms. The molecule has 1 aliphatic heterocycles. The highest BCUT2D eigenvalue weighted by molar-refractivity contribution is 14.1. The maximum Gasteiger partial charge on any atom is 0.329 e. The van der Waals surface area contributed by atoms with Crippen LogP contribution in [0.2, 0.25) is 0 Å². The lowest BCUT2D eigenvalue weighted by Gasteiger charge is -2.12. The van der Waals surface area contributed by atoms with Crippen LogP contribution in [-0.4, -0.2) is 34.4 Å². The molecule has 138 valence electrons. The molecule has 0 spiro atoms. The fourth-order valence-electron chi connectivity index (χ4n) is 2.39. The van der Waals surface area contributed by atoms with E-state index in [-0.39, 0.29) is 17.1 Å². The Morgan fingerprint density at radius 2 is 2.00 bits per heavy atom. The van der Waals surface area contributed by atoms with Crippen LogP contribution in [-0.2, 0) is 9.59 Å². The molecule has 1 saturated heterocycles. The Morgan fingerprint density at radius 3 is 2.70 bits per heavy atom. The molecule has 7 nitrogen and oxygen atoms in total. The van der Waals surface area contributed by atoms with E-state index in [1.54, 1.807) is 18.2 Å². The van der Waals surface area contributed by atoms with Crippen molar-refractivity contribution < 1.29 is 23.9 Å². The van der Waals surface area contributed by atoms with Gasteiger partial charge in [-0.1, -0.05) is 18.2 Å². The van der Waals surface area contributed by atoms with Gasteiger partial charge in [-0.2, -0.15) is 0 Å². The minimum Gasteiger partial charge on any atom is -0.507 e. The van der Waals surface area contributed by atoms with Gasteiger partial charge in [0.05, 0.1) is 9.26 Å². The van der Waals surface area contributed by atoms with Gasteiger partial charge >= 0.3 is 6.03 Å². The average molecular weight is 481 g/mol. The van der Waals surface area contributed by atoms with E-state index in [1.165, 1.54) is 30.3 Å². The number of carbonyl (C=O) groups excluding carboxylic acids is 3. The Labute approximate surface area is 167 Å². The number of nitrogens with zero attached hydrogens (tertiary/aromatic N) is 1. The van der Waals surface area contributed by atoms with Crippen molar-refractivity contribution >= 4 is 52.2 Å². The number of anilines is 1. The van der Waals surface area contributed by atoms with Crippen LogP contribution in [0.25, 0.3) is 6.08 Å². The summed E-state index contributed by atoms with van der Waals surface area (Å²) >= 11 is 1.93. The third-order valence-electron chi connectivity index (χ3n) is 3.69. The first kappa shape index (κ1) is 18.8. The summed E-state index contributed by atoms with van der Waals surface area (Å²) in [6.45, 7) is -0.552. The summed E-state index contributed by atoms with van der Waals surface area (Å²) in [4.78, 5) is 37.2. The van der Waals surface area contributed by atoms with Crippen molar-refractivity contribution in [3.8, 4) is 5.75 Å². The highest BCUT2D eigenvalue weighted by atomic mass is 127. The summed E-state index contributed by atoms with van der Waals surface area (Å²) in [6, 6.07) is 9.52. The molecule has 2 aromatic carbocycles. The average Bonchev–Trinajstić information content (AvgIpc) is 2.88. The maximum atomic E-state index is 13.6. The predicted octanol–water partition coefficient (Wildman–Crippen LogP) is 2.67. The van der Waals surface area contributed by atoms with Gasteiger partial charge in [0.15, 0.2) is 0 Å². The number of imide groups is 1. The SMILES string of the molecule is O=C(CN1C(=O)N/C(=C\c2ccc(O)c(I)c2)C1=O)Nc1ccccc1F. The number of phenolic OH excluding ortho intramolecular Hbond substituents is 1. The summed E-state index contributed by atoms with van der Waals surface area (Å²) in [5.74, 6) is -1.90. The number of hydrogen-bond donors (Lipinski definition) is 3. The minimum atomic E-state index is -0.747. The number of para-hydroxylation sites is 1. The Morgan fingerprint density at radius 1 is 1.26 bits per heavy atom. The number of aromatic hydroxyl groups is 1. The van der Waals surface area contributed by atoms with Crippen LogP contribution in [0.3, 0.4) is 0 Å². The largest absolute Gasteiger partial charge is 0.507 e. The Hall–Kier alpha value is -2.95. The molecule has 3 rings (SSSR count). The summed E-state index contributed by atoms with van der Waals surface area (Å²) in [5.41, 5.74) is 0.558. The first-order valence-corrected chi connectivity index (χ1v) is 8.80. The number of nitrogens with one attached hydrogen (secondary N) is 2. The van der Waals surface area contributed by atoms with Crippen molar-refractivity contribution in [1.82, 2.24) is 10.2 Å². The van der Waals surface area contributed by atoms with Crippen LogP contribution in [0.1, 0.15) is 5.56 Å². The van der Waals surface area contributed by atoms with E-state index in [9.17, 15) is 23.9 Å². The molecule has 4 amide bonds. The lowest BCUT2D eigenvalue weighted by atomic mass is 10.2. The smallest absolute Gasteiger partial charge is 0.329 e. The molecule has 0 saturated carbocycles. The third kappa shape index (κ3) is 4.25. The van der Waals surface area contributed by atoms with Crippen LogP contribution in [0.5, 0.6) is 5.75 Å². The van der Waals surface area contributed by atoms with E-state index in [0.29, 0.717) is 9.13 Å². The lowest BCUT2D eigenvalue weighted by molar-refractivity contribution is -0.127. The second kappa shape index (κ2) is 7.74. The molecule has 9 heteroatoms. The Kier molecular flexibility index (Phi) is 5.40. The molecule has 1 fully saturated rings. The van der Waals surface area contributed by atoms with E-state index < -0.39 is 30.2 Å². The molecule has 2 aromatic rings. The van der Waals surface area contributed by atoms with Gasteiger partial charge in [-0.3, -0.25) is 9.59 Å². The molecular formula is C18H13FIN3O4. The third-order valence-corrected chi connectivity index (χ3v) is 4.56. The zero-order valence-corrected chi connectivity index (χ0v) is 15.9. The topological polar surface area (TPSA) is 98.7 Å². The van der Waals surface area contributed by atoms with E-state index in [0.717, 1.165) is 4.90 Å². The predicted molar refractivity (Wildman–Crippen MR) is 104 cm³/mol. The molecule has 0 aliphatic carbocycles. The number of amides is 4. The lowest BCUT2D eigenvalue weighted by Crippen LogP contribution is -2.38. The summed E-state index contributed by atoms with van der Waals surface area (Å²) in [7, 11) is 0. The Bertz CT molecular complexity index is 977. The number of rotatable bonds is 4. The zero-order chi connectivity index (χ0) is 19.6. The quantitative estimate of drug-likeness (QED) is 0.356. The first-order valence-electron chi connectivity index (χ1n) is 7.72. The highest BCUT2D eigenvalue weighted by Gasteiger charge is 2.35. The standard InChI is InChI=1S/C18H13FIN3O4/c19-11-3-1-2-4-13(11)21-16(25)9-23-17(26)14(22-18(23)27)8-10-5-6-15(24)12(20)7-10/h1-8,24H,9H2,(H,21,25)(H,22,27)/b14-8-. The molecule has 0 aromatic heterocycles. The number of hydrogen-bond acceptors (Lipinski definition) is 4. The highest BCUT2D eigenvalue weighted by Crippen LogP contribution is 2.22. The molecule has 0 atom stereocenters. The molecule has 0 radical (unpaired) electrons. The van der Waals surface area contributed by atoms with Gasteiger partial charge in [-0.15, -0.1) is 0 Å². The van der Waals surface area contributed by atoms with Crippen LogP contribution >= 0.6 is 22.6 Å². The number of carbonyl (C=O) groups is 3. The fourth-order valence-corrected chi connectivity index (χ4v) is 2.93. The number of halogens is 2. The van der Waals surface area contributed by atoms with Crippen LogP contribution in [0.15, 0.2) is 48.2 Å². The summed E-state index contributed by atoms with van der Waals surface area (Å²) < 4.78 is 14.2.